The Bertz CT molecular complexity index is 147. The molecule has 0 aromatic rings. The van der Waals surface area contributed by atoms with Crippen LogP contribution in [-0.4, -0.2) is 24.9 Å². The van der Waals surface area contributed by atoms with Crippen LogP contribution >= 0.6 is 0 Å². The zero-order valence-electron chi connectivity index (χ0n) is 9.54. The predicted molar refractivity (Wildman–Crippen MR) is 58.2 cm³/mol. The summed E-state index contributed by atoms with van der Waals surface area (Å²) in [4.78, 5) is 0. The molecule has 0 bridgehead atoms. The molecule has 0 spiro atoms. The largest absolute Gasteiger partial charge is 0.393 e. The first-order valence-corrected chi connectivity index (χ1v) is 5.91. The van der Waals surface area contributed by atoms with Gasteiger partial charge in [-0.15, -0.1) is 0 Å². The Hall–Kier alpha value is -0.0800. The van der Waals surface area contributed by atoms with Crippen LogP contribution in [0, 0.1) is 11.8 Å². The second-order valence-corrected chi connectivity index (χ2v) is 4.73. The van der Waals surface area contributed by atoms with Crippen molar-refractivity contribution >= 4 is 0 Å². The summed E-state index contributed by atoms with van der Waals surface area (Å²) < 4.78 is 4.99. The highest BCUT2D eigenvalue weighted by molar-refractivity contribution is 4.76. The summed E-state index contributed by atoms with van der Waals surface area (Å²) in [6.07, 6.45) is 6.89. The van der Waals surface area contributed by atoms with Crippen molar-refractivity contribution in [3.63, 3.8) is 0 Å². The highest BCUT2D eigenvalue weighted by Crippen LogP contribution is 2.31. The lowest BCUT2D eigenvalue weighted by atomic mass is 9.78. The maximum Gasteiger partial charge on any atom is 0.0569 e. The van der Waals surface area contributed by atoms with E-state index in [0.717, 1.165) is 25.4 Å². The lowest BCUT2D eigenvalue weighted by molar-refractivity contribution is 0.0561. The van der Waals surface area contributed by atoms with Crippen molar-refractivity contribution in [3.8, 4) is 0 Å². The molecule has 84 valence electrons. The summed E-state index contributed by atoms with van der Waals surface area (Å²) in [5, 5.41) is 9.96. The first-order chi connectivity index (χ1) is 6.74. The molecule has 14 heavy (non-hydrogen) atoms. The lowest BCUT2D eigenvalue weighted by Gasteiger charge is -2.30. The van der Waals surface area contributed by atoms with Gasteiger partial charge >= 0.3 is 0 Å². The molecule has 1 N–H and O–H groups in total. The van der Waals surface area contributed by atoms with E-state index in [9.17, 15) is 5.11 Å². The van der Waals surface area contributed by atoms with Gasteiger partial charge in [0, 0.05) is 13.7 Å². The van der Waals surface area contributed by atoms with Gasteiger partial charge in [0.05, 0.1) is 6.10 Å². The molecular weight excluding hydrogens is 176 g/mol. The molecule has 0 radical (unpaired) electrons. The Morgan fingerprint density at radius 1 is 1.43 bits per heavy atom. The average Bonchev–Trinajstić information content (AvgIpc) is 2.18. The summed E-state index contributed by atoms with van der Waals surface area (Å²) in [6, 6.07) is 0. The lowest BCUT2D eigenvalue weighted by Crippen LogP contribution is -2.26. The average molecular weight is 200 g/mol. The van der Waals surface area contributed by atoms with Crippen LogP contribution in [0.5, 0.6) is 0 Å². The molecule has 1 aliphatic carbocycles. The van der Waals surface area contributed by atoms with Crippen molar-refractivity contribution < 1.29 is 9.84 Å². The van der Waals surface area contributed by atoms with E-state index < -0.39 is 0 Å². The van der Waals surface area contributed by atoms with Crippen molar-refractivity contribution in [1.82, 2.24) is 0 Å². The summed E-state index contributed by atoms with van der Waals surface area (Å²) in [5.41, 5.74) is 0. The molecule has 1 rings (SSSR count). The molecule has 3 atom stereocenters. The zero-order valence-corrected chi connectivity index (χ0v) is 9.54. The highest BCUT2D eigenvalue weighted by atomic mass is 16.5. The minimum Gasteiger partial charge on any atom is -0.393 e. The number of aliphatic hydroxyl groups is 1. The smallest absolute Gasteiger partial charge is 0.0569 e. The first-order valence-electron chi connectivity index (χ1n) is 5.91. The van der Waals surface area contributed by atoms with E-state index in [2.05, 4.69) is 6.92 Å². The van der Waals surface area contributed by atoms with Gasteiger partial charge < -0.3 is 9.84 Å². The summed E-state index contributed by atoms with van der Waals surface area (Å²) >= 11 is 0. The molecule has 0 aromatic carbocycles. The molecule has 0 saturated heterocycles. The summed E-state index contributed by atoms with van der Waals surface area (Å²) in [7, 11) is 1.72. The fourth-order valence-electron chi connectivity index (χ4n) is 2.50. The third-order valence-corrected chi connectivity index (χ3v) is 3.37. The van der Waals surface area contributed by atoms with Crippen LogP contribution in [0.1, 0.15) is 45.4 Å². The number of methoxy groups -OCH3 is 1. The van der Waals surface area contributed by atoms with Gasteiger partial charge in [-0.1, -0.05) is 19.8 Å². The van der Waals surface area contributed by atoms with Gasteiger partial charge in [0.15, 0.2) is 0 Å². The number of aliphatic hydroxyl groups excluding tert-OH is 1. The van der Waals surface area contributed by atoms with Crippen LogP contribution in [0.3, 0.4) is 0 Å². The maximum atomic E-state index is 9.96. The number of ether oxygens (including phenoxy) is 1. The Kier molecular flexibility index (Phi) is 5.49. The second kappa shape index (κ2) is 6.41. The van der Waals surface area contributed by atoms with Crippen LogP contribution in [0.15, 0.2) is 0 Å². The highest BCUT2D eigenvalue weighted by Gasteiger charge is 2.24. The van der Waals surface area contributed by atoms with Crippen molar-refractivity contribution in [3.05, 3.63) is 0 Å². The molecule has 1 fully saturated rings. The number of hydrogen-bond acceptors (Lipinski definition) is 2. The van der Waals surface area contributed by atoms with Gasteiger partial charge in [0.2, 0.25) is 0 Å². The van der Waals surface area contributed by atoms with Crippen molar-refractivity contribution in [2.75, 3.05) is 13.7 Å². The van der Waals surface area contributed by atoms with Gasteiger partial charge in [-0.3, -0.25) is 0 Å². The molecule has 0 amide bonds. The minimum absolute atomic E-state index is 0.0899. The van der Waals surface area contributed by atoms with Crippen LogP contribution in [0.4, 0.5) is 0 Å². The van der Waals surface area contributed by atoms with E-state index in [1.165, 1.54) is 25.7 Å². The Morgan fingerprint density at radius 3 is 2.86 bits per heavy atom. The van der Waals surface area contributed by atoms with Gasteiger partial charge in [-0.25, -0.2) is 0 Å². The normalized spacial score (nSPS) is 30.2. The molecule has 0 heterocycles. The Morgan fingerprint density at radius 2 is 2.21 bits per heavy atom. The number of hydrogen-bond donors (Lipinski definition) is 1. The fourth-order valence-corrected chi connectivity index (χ4v) is 2.50. The molecule has 1 aliphatic rings. The topological polar surface area (TPSA) is 29.5 Å². The van der Waals surface area contributed by atoms with Gasteiger partial charge in [0.25, 0.3) is 0 Å². The second-order valence-electron chi connectivity index (χ2n) is 4.73. The van der Waals surface area contributed by atoms with Gasteiger partial charge in [-0.05, 0) is 37.5 Å². The van der Waals surface area contributed by atoms with E-state index in [4.69, 9.17) is 4.74 Å². The predicted octanol–water partition coefficient (Wildman–Crippen LogP) is 2.60. The molecule has 3 unspecified atom stereocenters. The van der Waals surface area contributed by atoms with Gasteiger partial charge in [-0.2, -0.15) is 0 Å². The van der Waals surface area contributed by atoms with Gasteiger partial charge in [0.1, 0.15) is 0 Å². The third kappa shape index (κ3) is 3.97. The van der Waals surface area contributed by atoms with E-state index >= 15 is 0 Å². The summed E-state index contributed by atoms with van der Waals surface area (Å²) in [6.45, 7) is 3.08. The molecule has 0 aromatic heterocycles. The van der Waals surface area contributed by atoms with Crippen LogP contribution in [0.25, 0.3) is 0 Å². The zero-order chi connectivity index (χ0) is 10.4. The van der Waals surface area contributed by atoms with E-state index in [1.54, 1.807) is 7.11 Å². The van der Waals surface area contributed by atoms with Crippen LogP contribution < -0.4 is 0 Å². The maximum absolute atomic E-state index is 9.96. The molecular formula is C12H24O2. The molecule has 1 saturated carbocycles. The molecule has 2 nitrogen and oxygen atoms in total. The minimum atomic E-state index is -0.0899. The Balaban J connectivity index is 2.18. The quantitative estimate of drug-likeness (QED) is 0.691. The summed E-state index contributed by atoms with van der Waals surface area (Å²) in [5.74, 6) is 1.36. The van der Waals surface area contributed by atoms with Crippen molar-refractivity contribution in [2.45, 2.75) is 51.6 Å². The number of rotatable bonds is 5. The Labute approximate surface area is 87.7 Å². The first kappa shape index (κ1) is 12.0. The van der Waals surface area contributed by atoms with E-state index in [1.807, 2.05) is 0 Å². The molecule has 0 aliphatic heterocycles. The van der Waals surface area contributed by atoms with Crippen LogP contribution in [0.2, 0.25) is 0 Å². The van der Waals surface area contributed by atoms with E-state index in [0.29, 0.717) is 5.92 Å². The third-order valence-electron chi connectivity index (χ3n) is 3.37. The van der Waals surface area contributed by atoms with E-state index in [-0.39, 0.29) is 6.10 Å². The van der Waals surface area contributed by atoms with Crippen LogP contribution in [-0.2, 0) is 4.74 Å². The standard InChI is InChI=1S/C12H24O2/c1-10-5-3-6-11(9-10)12(13)7-4-8-14-2/h10-13H,3-9H2,1-2H3. The molecule has 2 heteroatoms. The fraction of sp³-hybridized carbons (Fsp3) is 1.00. The SMILES string of the molecule is COCCCC(O)C1CCCC(C)C1. The van der Waals surface area contributed by atoms with Crippen molar-refractivity contribution in [2.24, 2.45) is 11.8 Å². The van der Waals surface area contributed by atoms with Crippen molar-refractivity contribution in [1.29, 1.82) is 0 Å². The monoisotopic (exact) mass is 200 g/mol.